The first-order valence-electron chi connectivity index (χ1n) is 9.12. The van der Waals surface area contributed by atoms with Gasteiger partial charge in [0.25, 0.3) is 0 Å². The fraction of sp³-hybridized carbons (Fsp3) is 0.824. The van der Waals surface area contributed by atoms with Crippen LogP contribution in [-0.2, 0) is 14.4 Å². The molecule has 1 fully saturated rings. The van der Waals surface area contributed by atoms with Gasteiger partial charge in [0, 0.05) is 6.54 Å². The number of likely N-dealkylation sites (tertiary alicyclic amines) is 1. The molecule has 4 atom stereocenters. The van der Waals surface area contributed by atoms with Crippen LogP contribution in [0.1, 0.15) is 52.4 Å². The number of hydrogen-bond donors (Lipinski definition) is 4. The van der Waals surface area contributed by atoms with Crippen LogP contribution >= 0.6 is 0 Å². The number of unbranched alkanes of at least 4 members (excludes halogenated alkanes) is 1. The summed E-state index contributed by atoms with van der Waals surface area (Å²) in [6.07, 6.45) is 3.84. The highest BCUT2D eigenvalue weighted by Gasteiger charge is 2.39. The van der Waals surface area contributed by atoms with Gasteiger partial charge in [-0.15, -0.1) is 0 Å². The van der Waals surface area contributed by atoms with Crippen LogP contribution in [-0.4, -0.2) is 59.0 Å². The van der Waals surface area contributed by atoms with E-state index in [1.54, 1.807) is 0 Å². The monoisotopic (exact) mass is 356 g/mol. The normalized spacial score (nSPS) is 20.8. The summed E-state index contributed by atoms with van der Waals surface area (Å²) in [7, 11) is 0. The first-order chi connectivity index (χ1) is 11.8. The number of carbonyl (C=O) groups is 3. The summed E-state index contributed by atoms with van der Waals surface area (Å²) in [5.41, 5.74) is 11.3. The van der Waals surface area contributed by atoms with Crippen LogP contribution in [0, 0.1) is 5.92 Å². The van der Waals surface area contributed by atoms with Crippen molar-refractivity contribution in [1.82, 2.24) is 10.2 Å². The lowest BCUT2D eigenvalue weighted by Crippen LogP contribution is -2.56. The third kappa shape index (κ3) is 5.97. The molecule has 1 heterocycles. The minimum atomic E-state index is -1.00. The van der Waals surface area contributed by atoms with E-state index < -0.39 is 24.1 Å². The maximum atomic E-state index is 12.9. The summed E-state index contributed by atoms with van der Waals surface area (Å²) in [4.78, 5) is 37.9. The van der Waals surface area contributed by atoms with Crippen molar-refractivity contribution >= 4 is 17.8 Å². The molecule has 25 heavy (non-hydrogen) atoms. The standard InChI is InChI=1S/C17H32N4O4/c1-3-11(2)14(20-15(22)12(19)7-4-5-9-18)16(23)21-10-6-8-13(21)17(24)25/h11-14H,3-10,18-19H2,1-2H3,(H,20,22)(H,24,25)/t11-,12-,13+,14-/m0/s1. The number of carboxylic acid groups (broad SMARTS) is 1. The minimum Gasteiger partial charge on any atom is -0.480 e. The quantitative estimate of drug-likeness (QED) is 0.408. The lowest BCUT2D eigenvalue weighted by Gasteiger charge is -2.31. The van der Waals surface area contributed by atoms with Crippen molar-refractivity contribution < 1.29 is 19.5 Å². The summed E-state index contributed by atoms with van der Waals surface area (Å²) in [5.74, 6) is -1.81. The molecule has 0 aromatic heterocycles. The SMILES string of the molecule is CC[C@H](C)[C@H](NC(=O)[C@@H](N)CCCCN)C(=O)N1CCC[C@@H]1C(=O)O. The molecular weight excluding hydrogens is 324 g/mol. The van der Waals surface area contributed by atoms with Gasteiger partial charge in [-0.2, -0.15) is 0 Å². The van der Waals surface area contributed by atoms with E-state index in [4.69, 9.17) is 11.5 Å². The van der Waals surface area contributed by atoms with Crippen LogP contribution in [0.3, 0.4) is 0 Å². The van der Waals surface area contributed by atoms with E-state index >= 15 is 0 Å². The molecular formula is C17H32N4O4. The maximum absolute atomic E-state index is 12.9. The van der Waals surface area contributed by atoms with Gasteiger partial charge < -0.3 is 26.8 Å². The molecule has 0 aromatic rings. The summed E-state index contributed by atoms with van der Waals surface area (Å²) in [6, 6.07) is -2.26. The Morgan fingerprint density at radius 3 is 2.56 bits per heavy atom. The molecule has 0 aliphatic carbocycles. The van der Waals surface area contributed by atoms with Crippen molar-refractivity contribution in [3.63, 3.8) is 0 Å². The first-order valence-corrected chi connectivity index (χ1v) is 9.12. The third-order valence-electron chi connectivity index (χ3n) is 4.90. The summed E-state index contributed by atoms with van der Waals surface area (Å²) in [6.45, 7) is 4.75. The van der Waals surface area contributed by atoms with Gasteiger partial charge in [-0.1, -0.05) is 26.7 Å². The Morgan fingerprint density at radius 2 is 2.00 bits per heavy atom. The fourth-order valence-corrected chi connectivity index (χ4v) is 3.05. The van der Waals surface area contributed by atoms with Gasteiger partial charge in [-0.3, -0.25) is 9.59 Å². The predicted octanol–water partition coefficient (Wildman–Crippen LogP) is 0.0492. The molecule has 0 radical (unpaired) electrons. The van der Waals surface area contributed by atoms with Crippen molar-refractivity contribution in [2.75, 3.05) is 13.1 Å². The Kier molecular flexibility index (Phi) is 8.85. The molecule has 0 aromatic carbocycles. The summed E-state index contributed by atoms with van der Waals surface area (Å²) < 4.78 is 0. The van der Waals surface area contributed by atoms with Crippen molar-refractivity contribution in [2.45, 2.75) is 70.5 Å². The largest absolute Gasteiger partial charge is 0.480 e. The highest BCUT2D eigenvalue weighted by atomic mass is 16.4. The Labute approximate surface area is 149 Å². The third-order valence-corrected chi connectivity index (χ3v) is 4.90. The van der Waals surface area contributed by atoms with Gasteiger partial charge in [-0.25, -0.2) is 4.79 Å². The van der Waals surface area contributed by atoms with Gasteiger partial charge in [0.1, 0.15) is 12.1 Å². The molecule has 2 amide bonds. The second-order valence-electron chi connectivity index (χ2n) is 6.79. The molecule has 1 aliphatic heterocycles. The predicted molar refractivity (Wildman–Crippen MR) is 94.6 cm³/mol. The van der Waals surface area contributed by atoms with Crippen LogP contribution in [0.5, 0.6) is 0 Å². The summed E-state index contributed by atoms with van der Waals surface area (Å²) in [5, 5.41) is 12.0. The maximum Gasteiger partial charge on any atom is 0.326 e. The molecule has 8 heteroatoms. The number of aliphatic carboxylic acids is 1. The van der Waals surface area contributed by atoms with Crippen LogP contribution in [0.25, 0.3) is 0 Å². The average molecular weight is 356 g/mol. The van der Waals surface area contributed by atoms with E-state index in [9.17, 15) is 19.5 Å². The second kappa shape index (κ2) is 10.4. The van der Waals surface area contributed by atoms with E-state index in [0.29, 0.717) is 38.8 Å². The number of rotatable bonds is 10. The Morgan fingerprint density at radius 1 is 1.32 bits per heavy atom. The molecule has 0 bridgehead atoms. The van der Waals surface area contributed by atoms with E-state index in [1.807, 2.05) is 13.8 Å². The van der Waals surface area contributed by atoms with Gasteiger partial charge >= 0.3 is 5.97 Å². The number of nitrogens with one attached hydrogen (secondary N) is 1. The van der Waals surface area contributed by atoms with E-state index in [0.717, 1.165) is 12.8 Å². The molecule has 0 saturated carbocycles. The molecule has 8 nitrogen and oxygen atoms in total. The highest BCUT2D eigenvalue weighted by Crippen LogP contribution is 2.21. The number of nitrogens with two attached hydrogens (primary N) is 2. The highest BCUT2D eigenvalue weighted by molar-refractivity contribution is 5.92. The molecule has 6 N–H and O–H groups in total. The number of nitrogens with zero attached hydrogens (tertiary/aromatic N) is 1. The lowest BCUT2D eigenvalue weighted by atomic mass is 9.96. The van der Waals surface area contributed by atoms with Crippen molar-refractivity contribution in [3.8, 4) is 0 Å². The molecule has 0 unspecified atom stereocenters. The zero-order chi connectivity index (χ0) is 19.0. The Hall–Kier alpha value is -1.67. The Bertz CT molecular complexity index is 472. The minimum absolute atomic E-state index is 0.109. The zero-order valence-corrected chi connectivity index (χ0v) is 15.2. The molecule has 0 spiro atoms. The van der Waals surface area contributed by atoms with Gasteiger partial charge in [0.2, 0.25) is 11.8 Å². The lowest BCUT2D eigenvalue weighted by molar-refractivity contribution is -0.150. The molecule has 144 valence electrons. The van der Waals surface area contributed by atoms with Gasteiger partial charge in [0.05, 0.1) is 6.04 Å². The van der Waals surface area contributed by atoms with Crippen molar-refractivity contribution in [3.05, 3.63) is 0 Å². The Balaban J connectivity index is 2.78. The number of carbonyl (C=O) groups excluding carboxylic acids is 2. The molecule has 1 saturated heterocycles. The van der Waals surface area contributed by atoms with Crippen molar-refractivity contribution in [1.29, 1.82) is 0 Å². The van der Waals surface area contributed by atoms with Crippen molar-refractivity contribution in [2.24, 2.45) is 17.4 Å². The van der Waals surface area contributed by atoms with Gasteiger partial charge in [-0.05, 0) is 38.1 Å². The average Bonchev–Trinajstić information content (AvgIpc) is 3.08. The number of carboxylic acids is 1. The smallest absolute Gasteiger partial charge is 0.326 e. The number of hydrogen-bond acceptors (Lipinski definition) is 5. The first kappa shape index (κ1) is 21.4. The summed E-state index contributed by atoms with van der Waals surface area (Å²) >= 11 is 0. The van der Waals surface area contributed by atoms with Crippen LogP contribution in [0.15, 0.2) is 0 Å². The van der Waals surface area contributed by atoms with Crippen LogP contribution in [0.2, 0.25) is 0 Å². The second-order valence-corrected chi connectivity index (χ2v) is 6.79. The topological polar surface area (TPSA) is 139 Å². The van der Waals surface area contributed by atoms with Gasteiger partial charge in [0.15, 0.2) is 0 Å². The zero-order valence-electron chi connectivity index (χ0n) is 15.2. The van der Waals surface area contributed by atoms with E-state index in [1.165, 1.54) is 4.90 Å². The van der Waals surface area contributed by atoms with E-state index in [2.05, 4.69) is 5.32 Å². The molecule has 1 rings (SSSR count). The fourth-order valence-electron chi connectivity index (χ4n) is 3.05. The van der Waals surface area contributed by atoms with Crippen LogP contribution in [0.4, 0.5) is 0 Å². The number of amides is 2. The van der Waals surface area contributed by atoms with Crippen LogP contribution < -0.4 is 16.8 Å². The van der Waals surface area contributed by atoms with E-state index in [-0.39, 0.29) is 17.7 Å². The molecule has 1 aliphatic rings.